The number of nitrogens with one attached hydrogen (secondary N) is 1. The van der Waals surface area contributed by atoms with Gasteiger partial charge in [-0.1, -0.05) is 66.2 Å². The van der Waals surface area contributed by atoms with Crippen LogP contribution >= 0.6 is 22.9 Å². The Kier molecular flexibility index (Phi) is 5.26. The molecule has 6 nitrogen and oxygen atoms in total. The van der Waals surface area contributed by atoms with Crippen molar-refractivity contribution in [3.05, 3.63) is 105 Å². The van der Waals surface area contributed by atoms with Crippen LogP contribution in [0.3, 0.4) is 0 Å². The summed E-state index contributed by atoms with van der Waals surface area (Å²) < 4.78 is 1.24. The average molecular weight is 459 g/mol. The minimum absolute atomic E-state index is 0.138. The number of carbonyl (C=O) groups excluding carboxylic acids is 1. The molecule has 0 fully saturated rings. The first kappa shape index (κ1) is 20.1. The molecule has 156 valence electrons. The fourth-order valence-electron chi connectivity index (χ4n) is 3.38. The summed E-state index contributed by atoms with van der Waals surface area (Å²) in [6, 6.07) is 23.3. The number of halogens is 1. The highest BCUT2D eigenvalue weighted by atomic mass is 35.5. The molecule has 2 aromatic heterocycles. The van der Waals surface area contributed by atoms with Gasteiger partial charge in [0.25, 0.3) is 11.5 Å². The molecule has 3 aromatic carbocycles. The molecular weight excluding hydrogens is 444 g/mol. The van der Waals surface area contributed by atoms with Crippen molar-refractivity contribution >= 4 is 44.7 Å². The lowest BCUT2D eigenvalue weighted by Crippen LogP contribution is -2.26. The van der Waals surface area contributed by atoms with Gasteiger partial charge in [-0.3, -0.25) is 14.9 Å². The van der Waals surface area contributed by atoms with Crippen LogP contribution in [0.2, 0.25) is 5.02 Å². The van der Waals surface area contributed by atoms with Crippen molar-refractivity contribution in [2.24, 2.45) is 0 Å². The molecule has 1 amide bonds. The second-order valence-electron chi connectivity index (χ2n) is 6.92. The van der Waals surface area contributed by atoms with Crippen LogP contribution in [0, 0.1) is 0 Å². The van der Waals surface area contributed by atoms with Gasteiger partial charge >= 0.3 is 0 Å². The molecule has 0 saturated heterocycles. The third kappa shape index (κ3) is 3.68. The van der Waals surface area contributed by atoms with Crippen LogP contribution in [0.5, 0.6) is 0 Å². The van der Waals surface area contributed by atoms with Gasteiger partial charge in [-0.05, 0) is 24.3 Å². The zero-order valence-electron chi connectivity index (χ0n) is 16.5. The zero-order chi connectivity index (χ0) is 22.1. The number of nitrogens with zero attached hydrogens (tertiary/aromatic N) is 3. The molecule has 32 heavy (non-hydrogen) atoms. The van der Waals surface area contributed by atoms with Crippen LogP contribution in [0.4, 0.5) is 5.13 Å². The van der Waals surface area contributed by atoms with Crippen LogP contribution in [0.1, 0.15) is 10.5 Å². The van der Waals surface area contributed by atoms with Crippen LogP contribution in [0.15, 0.2) is 89.0 Å². The summed E-state index contributed by atoms with van der Waals surface area (Å²) >= 11 is 7.55. The van der Waals surface area contributed by atoms with E-state index in [9.17, 15) is 9.59 Å². The van der Waals surface area contributed by atoms with Gasteiger partial charge in [0, 0.05) is 21.4 Å². The zero-order valence-corrected chi connectivity index (χ0v) is 18.1. The molecule has 2 heterocycles. The number of para-hydroxylation sites is 1. The summed E-state index contributed by atoms with van der Waals surface area (Å²) in [6.45, 7) is 0. The van der Waals surface area contributed by atoms with E-state index in [2.05, 4.69) is 15.4 Å². The lowest BCUT2D eigenvalue weighted by atomic mass is 10.1. The fraction of sp³-hybridized carbons (Fsp3) is 0. The Labute approximate surface area is 191 Å². The highest BCUT2D eigenvalue weighted by Gasteiger charge is 2.19. The monoisotopic (exact) mass is 458 g/mol. The van der Waals surface area contributed by atoms with Gasteiger partial charge in [-0.15, -0.1) is 11.3 Å². The lowest BCUT2D eigenvalue weighted by molar-refractivity contribution is 0.102. The molecular formula is C24H15ClN4O2S. The van der Waals surface area contributed by atoms with Crippen molar-refractivity contribution in [2.45, 2.75) is 0 Å². The summed E-state index contributed by atoms with van der Waals surface area (Å²) in [5.74, 6) is -0.453. The van der Waals surface area contributed by atoms with E-state index >= 15 is 0 Å². The standard InChI is InChI=1S/C24H15ClN4O2S/c25-19-13-7-6-12-18(19)20-14-32-24(26-20)27-22(30)21-16-10-4-5-11-17(16)23(31)29(28-21)15-8-2-1-3-9-15/h1-14H,(H,26,27,30). The van der Waals surface area contributed by atoms with E-state index in [0.717, 1.165) is 5.56 Å². The highest BCUT2D eigenvalue weighted by molar-refractivity contribution is 7.14. The summed E-state index contributed by atoms with van der Waals surface area (Å²) in [4.78, 5) is 30.7. The molecule has 0 radical (unpaired) electrons. The number of carbonyl (C=O) groups is 1. The third-order valence-electron chi connectivity index (χ3n) is 4.90. The second kappa shape index (κ2) is 8.37. The van der Waals surface area contributed by atoms with Gasteiger partial charge < -0.3 is 0 Å². The smallest absolute Gasteiger partial charge is 0.279 e. The average Bonchev–Trinajstić information content (AvgIpc) is 3.28. The molecule has 0 aliphatic carbocycles. The molecule has 0 unspecified atom stereocenters. The summed E-state index contributed by atoms with van der Waals surface area (Å²) in [5, 5.41) is 10.9. The van der Waals surface area contributed by atoms with Crippen molar-refractivity contribution in [1.82, 2.24) is 14.8 Å². The first-order valence-corrected chi connectivity index (χ1v) is 11.0. The van der Waals surface area contributed by atoms with Crippen LogP contribution in [0.25, 0.3) is 27.7 Å². The minimum Gasteiger partial charge on any atom is -0.296 e. The second-order valence-corrected chi connectivity index (χ2v) is 8.18. The lowest BCUT2D eigenvalue weighted by Gasteiger charge is -2.10. The molecule has 5 rings (SSSR count). The highest BCUT2D eigenvalue weighted by Crippen LogP contribution is 2.30. The molecule has 1 N–H and O–H groups in total. The molecule has 0 saturated carbocycles. The Morgan fingerprint density at radius 2 is 1.59 bits per heavy atom. The SMILES string of the molecule is O=C(Nc1nc(-c2ccccc2Cl)cs1)c1nn(-c2ccccc2)c(=O)c2ccccc12. The van der Waals surface area contributed by atoms with E-state index in [1.807, 2.05) is 41.8 Å². The first-order chi connectivity index (χ1) is 15.6. The van der Waals surface area contributed by atoms with Crippen LogP contribution < -0.4 is 10.9 Å². The fourth-order valence-corrected chi connectivity index (χ4v) is 4.32. The number of aromatic nitrogens is 3. The predicted octanol–water partition coefficient (Wildman–Crippen LogP) is 5.41. The van der Waals surface area contributed by atoms with Gasteiger partial charge in [-0.2, -0.15) is 9.78 Å². The van der Waals surface area contributed by atoms with Gasteiger partial charge in [-0.25, -0.2) is 4.98 Å². The molecule has 0 aliphatic rings. The molecule has 0 aliphatic heterocycles. The maximum atomic E-state index is 13.2. The molecule has 0 bridgehead atoms. The number of anilines is 1. The third-order valence-corrected chi connectivity index (χ3v) is 5.98. The number of fused-ring (bicyclic) bond motifs is 1. The summed E-state index contributed by atoms with van der Waals surface area (Å²) in [7, 11) is 0. The van der Waals surface area contributed by atoms with E-state index in [1.54, 1.807) is 42.5 Å². The number of hydrogen-bond donors (Lipinski definition) is 1. The van der Waals surface area contributed by atoms with E-state index in [-0.39, 0.29) is 11.3 Å². The number of amides is 1. The van der Waals surface area contributed by atoms with E-state index in [0.29, 0.717) is 32.3 Å². The summed E-state index contributed by atoms with van der Waals surface area (Å²) in [6.07, 6.45) is 0. The van der Waals surface area contributed by atoms with Crippen molar-refractivity contribution in [3.8, 4) is 16.9 Å². The van der Waals surface area contributed by atoms with Crippen LogP contribution in [-0.4, -0.2) is 20.7 Å². The maximum Gasteiger partial charge on any atom is 0.279 e. The van der Waals surface area contributed by atoms with Gasteiger partial charge in [0.05, 0.1) is 16.8 Å². The number of hydrogen-bond acceptors (Lipinski definition) is 5. The number of rotatable bonds is 4. The molecule has 0 atom stereocenters. The quantitative estimate of drug-likeness (QED) is 0.390. The van der Waals surface area contributed by atoms with Gasteiger partial charge in [0.1, 0.15) is 0 Å². The van der Waals surface area contributed by atoms with Crippen LogP contribution in [-0.2, 0) is 0 Å². The van der Waals surface area contributed by atoms with Crippen molar-refractivity contribution in [1.29, 1.82) is 0 Å². The van der Waals surface area contributed by atoms with Gasteiger partial charge in [0.15, 0.2) is 10.8 Å². The Hall–Kier alpha value is -3.81. The first-order valence-electron chi connectivity index (χ1n) is 9.71. The largest absolute Gasteiger partial charge is 0.296 e. The molecule has 8 heteroatoms. The Balaban J connectivity index is 1.55. The van der Waals surface area contributed by atoms with Crippen molar-refractivity contribution < 1.29 is 4.79 Å². The normalized spacial score (nSPS) is 10.9. The molecule has 5 aromatic rings. The summed E-state index contributed by atoms with van der Waals surface area (Å²) in [5.41, 5.74) is 1.87. The van der Waals surface area contributed by atoms with Crippen molar-refractivity contribution in [2.75, 3.05) is 5.32 Å². The maximum absolute atomic E-state index is 13.2. The Morgan fingerprint density at radius 1 is 0.906 bits per heavy atom. The molecule has 0 spiro atoms. The predicted molar refractivity (Wildman–Crippen MR) is 128 cm³/mol. The van der Waals surface area contributed by atoms with E-state index in [4.69, 9.17) is 11.6 Å². The van der Waals surface area contributed by atoms with Gasteiger partial charge in [0.2, 0.25) is 0 Å². The number of benzene rings is 3. The Morgan fingerprint density at radius 3 is 2.38 bits per heavy atom. The topological polar surface area (TPSA) is 76.9 Å². The Bertz CT molecular complexity index is 1510. The van der Waals surface area contributed by atoms with E-state index < -0.39 is 5.91 Å². The van der Waals surface area contributed by atoms with E-state index in [1.165, 1.54) is 16.0 Å². The minimum atomic E-state index is -0.453. The van der Waals surface area contributed by atoms with Crippen molar-refractivity contribution in [3.63, 3.8) is 0 Å². The number of thiazole rings is 1.